The third-order valence-corrected chi connectivity index (χ3v) is 4.69. The molecule has 1 saturated heterocycles. The molecule has 0 spiro atoms. The highest BCUT2D eigenvalue weighted by Crippen LogP contribution is 2.33. The van der Waals surface area contributed by atoms with Crippen molar-refractivity contribution in [2.75, 3.05) is 18.8 Å². The van der Waals surface area contributed by atoms with E-state index in [2.05, 4.69) is 15.4 Å². The Labute approximate surface area is 191 Å². The minimum Gasteiger partial charge on any atom is -0.482 e. The lowest BCUT2D eigenvalue weighted by atomic mass is 9.98. The number of halogens is 1. The predicted octanol–water partition coefficient (Wildman–Crippen LogP) is 4.35. The average Bonchev–Trinajstić information content (AvgIpc) is 3.32. The standard InChI is InChI=1S/C23H28FN5O/c1-14-4-5-20(24)15(2)22(14)16(3)30-21-10-17(11-27-23(21)25)18-12-28-29(13-18)19-6-8-26-9-7-19/h4-5,10-13,16,19,26H,6-9H2,1-3H3,(H2,25,27)/t16-/m1/s1/i1D3,2D3,6D2,7D2,19D. The Balaban J connectivity index is 1.75. The van der Waals surface area contributed by atoms with Crippen LogP contribution in [0, 0.1) is 19.5 Å². The van der Waals surface area contributed by atoms with Gasteiger partial charge in [0.2, 0.25) is 0 Å². The highest BCUT2D eigenvalue weighted by molar-refractivity contribution is 5.66. The number of hydrogen-bond acceptors (Lipinski definition) is 5. The second kappa shape index (κ2) is 8.44. The summed E-state index contributed by atoms with van der Waals surface area (Å²) in [6.07, 6.45) is -2.04. The molecule has 158 valence electrons. The molecule has 1 aliphatic rings. The number of nitrogens with zero attached hydrogens (tertiary/aromatic N) is 3. The number of benzene rings is 1. The molecule has 0 aliphatic carbocycles. The zero-order valence-corrected chi connectivity index (χ0v) is 16.2. The summed E-state index contributed by atoms with van der Waals surface area (Å²) in [6, 6.07) is 0.771. The van der Waals surface area contributed by atoms with Crippen LogP contribution in [0.1, 0.15) is 63.6 Å². The van der Waals surface area contributed by atoms with Crippen LogP contribution in [0.25, 0.3) is 11.1 Å². The first-order valence-corrected chi connectivity index (χ1v) is 9.22. The molecular weight excluding hydrogens is 381 g/mol. The Morgan fingerprint density at radius 3 is 2.93 bits per heavy atom. The monoisotopic (exact) mass is 420 g/mol. The maximum atomic E-state index is 14.8. The van der Waals surface area contributed by atoms with E-state index in [0.717, 1.165) is 16.8 Å². The Hall–Kier alpha value is -2.93. The molecule has 3 N–H and O–H groups in total. The fraction of sp³-hybridized carbons (Fsp3) is 0.391. The fourth-order valence-electron chi connectivity index (χ4n) is 3.15. The smallest absolute Gasteiger partial charge is 0.166 e. The molecule has 0 bridgehead atoms. The number of piperidine rings is 1. The number of rotatable bonds is 5. The van der Waals surface area contributed by atoms with Gasteiger partial charge in [-0.05, 0) is 69.7 Å². The van der Waals surface area contributed by atoms with Crippen molar-refractivity contribution in [3.05, 3.63) is 59.3 Å². The molecule has 1 atom stereocenters. The Bertz CT molecular complexity index is 1440. The van der Waals surface area contributed by atoms with Crippen LogP contribution < -0.4 is 15.8 Å². The summed E-state index contributed by atoms with van der Waals surface area (Å²) in [5.74, 6) is -1.34. The van der Waals surface area contributed by atoms with Gasteiger partial charge >= 0.3 is 0 Å². The van der Waals surface area contributed by atoms with Gasteiger partial charge in [0.25, 0.3) is 0 Å². The zero-order chi connectivity index (χ0) is 30.8. The van der Waals surface area contributed by atoms with Crippen molar-refractivity contribution in [2.24, 2.45) is 0 Å². The van der Waals surface area contributed by atoms with Crippen LogP contribution >= 0.6 is 0 Å². The van der Waals surface area contributed by atoms with Crippen molar-refractivity contribution < 1.29 is 24.2 Å². The molecule has 3 heterocycles. The lowest BCUT2D eigenvalue weighted by molar-refractivity contribution is 0.225. The van der Waals surface area contributed by atoms with E-state index in [0.29, 0.717) is 11.1 Å². The quantitative estimate of drug-likeness (QED) is 0.642. The molecule has 7 heteroatoms. The first kappa shape index (κ1) is 10.9. The van der Waals surface area contributed by atoms with Crippen molar-refractivity contribution in [3.63, 3.8) is 0 Å². The van der Waals surface area contributed by atoms with E-state index in [-0.39, 0.29) is 30.2 Å². The molecule has 0 unspecified atom stereocenters. The normalized spacial score (nSPS) is 26.5. The van der Waals surface area contributed by atoms with Crippen LogP contribution in [-0.2, 0) is 0 Å². The van der Waals surface area contributed by atoms with Crippen molar-refractivity contribution in [2.45, 2.75) is 45.5 Å². The lowest BCUT2D eigenvalue weighted by Gasteiger charge is -2.22. The average molecular weight is 421 g/mol. The van der Waals surface area contributed by atoms with Crippen LogP contribution in [0.3, 0.4) is 0 Å². The molecule has 0 radical (unpaired) electrons. The molecule has 4 rings (SSSR count). The van der Waals surface area contributed by atoms with Gasteiger partial charge in [-0.15, -0.1) is 0 Å². The molecule has 1 fully saturated rings. The molecular formula is C23H28FN5O. The van der Waals surface area contributed by atoms with Gasteiger partial charge in [-0.1, -0.05) is 6.07 Å². The molecule has 6 nitrogen and oxygen atoms in total. The van der Waals surface area contributed by atoms with Gasteiger partial charge in [-0.2, -0.15) is 5.10 Å². The number of pyridine rings is 1. The first-order chi connectivity index (χ1) is 18.7. The van der Waals surface area contributed by atoms with Crippen LogP contribution in [-0.4, -0.2) is 27.9 Å². The predicted molar refractivity (Wildman–Crippen MR) is 116 cm³/mol. The van der Waals surface area contributed by atoms with E-state index >= 15 is 0 Å². The van der Waals surface area contributed by atoms with E-state index in [4.69, 9.17) is 25.5 Å². The summed E-state index contributed by atoms with van der Waals surface area (Å²) in [6.45, 7) is -4.94. The van der Waals surface area contributed by atoms with E-state index in [9.17, 15) is 4.39 Å². The molecule has 2 aromatic heterocycles. The minimum atomic E-state index is -2.99. The summed E-state index contributed by atoms with van der Waals surface area (Å²) in [4.78, 5) is 4.07. The number of hydrogen-bond donors (Lipinski definition) is 2. The fourth-order valence-corrected chi connectivity index (χ4v) is 3.15. The second-order valence-electron chi connectivity index (χ2n) is 6.73. The number of ether oxygens (including phenoxy) is 1. The van der Waals surface area contributed by atoms with Crippen molar-refractivity contribution in [3.8, 4) is 16.9 Å². The maximum absolute atomic E-state index is 14.8. The molecule has 1 aliphatic heterocycles. The number of anilines is 1. The Kier molecular flexibility index (Phi) is 3.07. The summed E-state index contributed by atoms with van der Waals surface area (Å²) in [7, 11) is 0. The van der Waals surface area contributed by atoms with Crippen molar-refractivity contribution in [1.82, 2.24) is 20.1 Å². The second-order valence-corrected chi connectivity index (χ2v) is 6.73. The summed E-state index contributed by atoms with van der Waals surface area (Å²) >= 11 is 0. The van der Waals surface area contributed by atoms with E-state index in [1.54, 1.807) is 0 Å². The van der Waals surface area contributed by atoms with E-state index in [1.807, 2.05) is 0 Å². The van der Waals surface area contributed by atoms with E-state index in [1.165, 1.54) is 31.6 Å². The Morgan fingerprint density at radius 2 is 2.17 bits per heavy atom. The van der Waals surface area contributed by atoms with Gasteiger partial charge in [0.15, 0.2) is 11.6 Å². The largest absolute Gasteiger partial charge is 0.482 e. The van der Waals surface area contributed by atoms with Gasteiger partial charge < -0.3 is 15.8 Å². The number of nitrogens with two attached hydrogens (primary N) is 1. The highest BCUT2D eigenvalue weighted by Gasteiger charge is 2.19. The van der Waals surface area contributed by atoms with Gasteiger partial charge in [-0.3, -0.25) is 4.68 Å². The first-order valence-electron chi connectivity index (χ1n) is 14.7. The van der Waals surface area contributed by atoms with Crippen LogP contribution in [0.2, 0.25) is 0 Å². The maximum Gasteiger partial charge on any atom is 0.166 e. The Morgan fingerprint density at radius 1 is 1.33 bits per heavy atom. The lowest BCUT2D eigenvalue weighted by Crippen LogP contribution is -2.29. The molecule has 30 heavy (non-hydrogen) atoms. The molecule has 0 amide bonds. The van der Waals surface area contributed by atoms with Crippen molar-refractivity contribution >= 4 is 5.82 Å². The third-order valence-electron chi connectivity index (χ3n) is 4.69. The van der Waals surface area contributed by atoms with E-state index < -0.39 is 55.5 Å². The molecule has 0 saturated carbocycles. The van der Waals surface area contributed by atoms with Crippen LogP contribution in [0.4, 0.5) is 10.2 Å². The SMILES string of the molecule is [2H]C([2H])([2H])c1ccc(F)c(C([2H])([2H])[2H])c1[C@@H](C)Oc1cc(-c2cnn(C3([2H])C([2H])([2H])CNCC3([2H])[2H])c2)cnc1N. The van der Waals surface area contributed by atoms with Crippen LogP contribution in [0.15, 0.2) is 36.8 Å². The number of nitrogens with one attached hydrogen (secondary N) is 1. The zero-order valence-electron chi connectivity index (χ0n) is 27.2. The van der Waals surface area contributed by atoms with Crippen LogP contribution in [0.5, 0.6) is 5.75 Å². The number of aryl methyl sites for hydroxylation is 1. The van der Waals surface area contributed by atoms with Gasteiger partial charge in [0, 0.05) is 42.8 Å². The van der Waals surface area contributed by atoms with Crippen molar-refractivity contribution in [1.29, 1.82) is 0 Å². The van der Waals surface area contributed by atoms with Gasteiger partial charge in [0.05, 0.1) is 13.6 Å². The van der Waals surface area contributed by atoms with Gasteiger partial charge in [-0.25, -0.2) is 9.37 Å². The van der Waals surface area contributed by atoms with Gasteiger partial charge in [0.1, 0.15) is 11.9 Å². The number of nitrogen functional groups attached to an aromatic ring is 1. The third kappa shape index (κ3) is 4.03. The minimum absolute atomic E-state index is 0.0897. The molecule has 3 aromatic rings. The number of aromatic nitrogens is 3. The highest BCUT2D eigenvalue weighted by atomic mass is 19.1. The summed E-state index contributed by atoms with van der Waals surface area (Å²) in [5, 5.41) is 6.74. The molecule has 1 aromatic carbocycles. The topological polar surface area (TPSA) is 78.0 Å². The summed E-state index contributed by atoms with van der Waals surface area (Å²) in [5.41, 5.74) is 5.08. The summed E-state index contributed by atoms with van der Waals surface area (Å²) < 4.78 is 111.